The van der Waals surface area contributed by atoms with Crippen LogP contribution < -0.4 is 56.7 Å². The normalized spacial score (nSPS) is 21.6. The van der Waals surface area contributed by atoms with Crippen LogP contribution in [0.4, 0.5) is 10.5 Å². The Labute approximate surface area is 217 Å². The van der Waals surface area contributed by atoms with Crippen molar-refractivity contribution < 1.29 is 64.6 Å². The van der Waals surface area contributed by atoms with E-state index in [9.17, 15) is 13.2 Å². The molecular weight excluding hydrogens is 413 g/mol. The first-order valence-corrected chi connectivity index (χ1v) is 12.1. The van der Waals surface area contributed by atoms with E-state index in [1.54, 1.807) is 0 Å². The predicted octanol–water partition coefficient (Wildman–Crippen LogP) is 0.778. The third-order valence-corrected chi connectivity index (χ3v) is 8.29. The van der Waals surface area contributed by atoms with Crippen molar-refractivity contribution >= 4 is 21.7 Å². The zero-order valence-corrected chi connectivity index (χ0v) is 21.6. The number of urea groups is 1. The van der Waals surface area contributed by atoms with E-state index in [0.29, 0.717) is 12.8 Å². The summed E-state index contributed by atoms with van der Waals surface area (Å²) in [6.45, 7) is 4.67. The number of fused-ring (bicyclic) bond motifs is 2. The molecule has 0 aromatic heterocycles. The molecule has 1 saturated heterocycles. The Bertz CT molecular complexity index is 840. The summed E-state index contributed by atoms with van der Waals surface area (Å²) in [6, 6.07) is 1.56. The first-order valence-electron chi connectivity index (χ1n) is 10.6. The van der Waals surface area contributed by atoms with Crippen molar-refractivity contribution in [2.45, 2.75) is 70.0 Å². The van der Waals surface area contributed by atoms with Gasteiger partial charge in [0.15, 0.2) is 16.1 Å². The summed E-state index contributed by atoms with van der Waals surface area (Å²) in [5.74, 6) is 0. The Morgan fingerprint density at radius 2 is 1.72 bits per heavy atom. The van der Waals surface area contributed by atoms with E-state index in [1.807, 2.05) is 0 Å². The number of nitrogens with one attached hydrogen (secondary N) is 1. The Kier molecular flexibility index (Phi) is 8.26. The van der Waals surface area contributed by atoms with Crippen LogP contribution in [-0.2, 0) is 35.7 Å². The second kappa shape index (κ2) is 10.1. The van der Waals surface area contributed by atoms with Gasteiger partial charge in [-0.2, -0.15) is 0 Å². The summed E-state index contributed by atoms with van der Waals surface area (Å²) < 4.78 is 29.2. The molecule has 0 radical (unpaired) electrons. The van der Waals surface area contributed by atoms with Crippen LogP contribution >= 0.6 is 0 Å². The van der Waals surface area contributed by atoms with E-state index >= 15 is 0 Å². The third kappa shape index (κ3) is 5.27. The van der Waals surface area contributed by atoms with Gasteiger partial charge in [-0.1, -0.05) is 13.0 Å². The van der Waals surface area contributed by atoms with Gasteiger partial charge in [-0.25, -0.2) is 8.42 Å². The minimum absolute atomic E-state index is 0. The van der Waals surface area contributed by atoms with Gasteiger partial charge in [-0.05, 0) is 105 Å². The van der Waals surface area contributed by atoms with Gasteiger partial charge in [0.25, 0.3) is 0 Å². The molecule has 1 aromatic carbocycles. The van der Waals surface area contributed by atoms with Crippen LogP contribution in [0.15, 0.2) is 6.07 Å². The minimum atomic E-state index is -3.80. The largest absolute Gasteiger partial charge is 1.00 e. The van der Waals surface area contributed by atoms with Crippen molar-refractivity contribution in [2.75, 3.05) is 25.0 Å². The molecule has 1 heterocycles. The maximum atomic E-state index is 12.8. The molecule has 1 aromatic rings. The smallest absolute Gasteiger partial charge is 0.423 e. The van der Waals surface area contributed by atoms with Gasteiger partial charge in [0.05, 0.1) is 5.25 Å². The maximum absolute atomic E-state index is 12.8. The molecule has 3 aliphatic rings. The van der Waals surface area contributed by atoms with Crippen molar-refractivity contribution in [1.29, 1.82) is 0 Å². The SMILES string of the molecule is CCN1CCCC(S(=O)(=O)[N-]C(=O)Nc2c3c(cc4c2CCC4)CCC3)CC1.[K+]. The molecule has 0 saturated carbocycles. The number of amides is 2. The van der Waals surface area contributed by atoms with Gasteiger partial charge in [0.1, 0.15) is 0 Å². The fraction of sp³-hybridized carbons (Fsp3) is 0.667. The molecule has 4 rings (SSSR count). The number of carbonyl (C=O) groups excluding carboxylic acids is 1. The number of carbonyl (C=O) groups is 1. The first-order chi connectivity index (χ1) is 13.5. The van der Waals surface area contributed by atoms with E-state index < -0.39 is 21.3 Å². The van der Waals surface area contributed by atoms with Crippen molar-refractivity contribution in [3.63, 3.8) is 0 Å². The summed E-state index contributed by atoms with van der Waals surface area (Å²) in [5, 5.41) is 2.32. The van der Waals surface area contributed by atoms with Crippen LogP contribution in [0.1, 0.15) is 61.3 Å². The second-order valence-electron chi connectivity index (χ2n) is 8.26. The molecule has 0 bridgehead atoms. The molecule has 154 valence electrons. The molecule has 6 nitrogen and oxygen atoms in total. The van der Waals surface area contributed by atoms with Gasteiger partial charge in [-0.3, -0.25) is 4.79 Å². The quantitative estimate of drug-likeness (QED) is 0.698. The van der Waals surface area contributed by atoms with E-state index in [-0.39, 0.29) is 51.4 Å². The van der Waals surface area contributed by atoms with Crippen molar-refractivity contribution in [1.82, 2.24) is 4.90 Å². The van der Waals surface area contributed by atoms with Crippen LogP contribution in [0.2, 0.25) is 0 Å². The van der Waals surface area contributed by atoms with Crippen LogP contribution in [0.25, 0.3) is 4.72 Å². The molecule has 2 aliphatic carbocycles. The molecule has 1 fully saturated rings. The fourth-order valence-electron chi connectivity index (χ4n) is 5.03. The van der Waals surface area contributed by atoms with E-state index in [0.717, 1.165) is 70.3 Å². The summed E-state index contributed by atoms with van der Waals surface area (Å²) in [4.78, 5) is 14.9. The number of aryl methyl sites for hydroxylation is 2. The van der Waals surface area contributed by atoms with Gasteiger partial charge >= 0.3 is 51.4 Å². The van der Waals surface area contributed by atoms with Gasteiger partial charge in [0.2, 0.25) is 0 Å². The molecule has 0 spiro atoms. The number of benzene rings is 1. The summed E-state index contributed by atoms with van der Waals surface area (Å²) in [5.41, 5.74) is 5.85. The Hall–Kier alpha value is 0.0364. The van der Waals surface area contributed by atoms with Gasteiger partial charge in [0, 0.05) is 0 Å². The molecule has 1 aliphatic heterocycles. The number of sulfonamides is 1. The number of nitrogens with zero attached hydrogens (tertiary/aromatic N) is 2. The number of hydrogen-bond acceptors (Lipinski definition) is 4. The van der Waals surface area contributed by atoms with Crippen LogP contribution in [-0.4, -0.2) is 44.2 Å². The Morgan fingerprint density at radius 1 is 1.07 bits per heavy atom. The maximum Gasteiger partial charge on any atom is 1.00 e. The molecule has 1 unspecified atom stereocenters. The average Bonchev–Trinajstić information content (AvgIpc) is 3.24. The monoisotopic (exact) mass is 443 g/mol. The number of anilines is 1. The van der Waals surface area contributed by atoms with E-state index in [1.165, 1.54) is 22.3 Å². The zero-order chi connectivity index (χ0) is 19.7. The number of rotatable bonds is 4. The molecule has 1 N–H and O–H groups in total. The van der Waals surface area contributed by atoms with Crippen molar-refractivity contribution in [2.24, 2.45) is 0 Å². The molecule has 2 amide bonds. The minimum Gasteiger partial charge on any atom is -0.423 e. The first kappa shape index (κ1) is 23.7. The van der Waals surface area contributed by atoms with Gasteiger partial charge < -0.3 is 14.9 Å². The standard InChI is InChI=1S/C21H31N3O3S.K/c1-2-24-12-5-8-17(11-13-24)28(26,27)23-21(25)22-20-18-9-3-6-15(18)14-16-7-4-10-19(16)20;/h14,17H,2-13H2,1H3,(H2,22,23,25);/q;+1/p-1. The predicted molar refractivity (Wildman–Crippen MR) is 112 cm³/mol. The Balaban J connectivity index is 0.00000240. The second-order valence-corrected chi connectivity index (χ2v) is 10.1. The summed E-state index contributed by atoms with van der Waals surface area (Å²) >= 11 is 0. The van der Waals surface area contributed by atoms with Crippen molar-refractivity contribution in [3.8, 4) is 0 Å². The average molecular weight is 444 g/mol. The number of hydrogen-bond donors (Lipinski definition) is 1. The number of likely N-dealkylation sites (tertiary alicyclic amines) is 1. The van der Waals surface area contributed by atoms with Crippen LogP contribution in [0.5, 0.6) is 0 Å². The topological polar surface area (TPSA) is 80.6 Å². The van der Waals surface area contributed by atoms with E-state index in [4.69, 9.17) is 0 Å². The van der Waals surface area contributed by atoms with Crippen LogP contribution in [0, 0.1) is 0 Å². The molecular formula is C21H30KN3O3S. The molecule has 29 heavy (non-hydrogen) atoms. The molecule has 8 heteroatoms. The van der Waals surface area contributed by atoms with Gasteiger partial charge in [-0.15, -0.1) is 0 Å². The Morgan fingerprint density at radius 3 is 2.34 bits per heavy atom. The zero-order valence-electron chi connectivity index (χ0n) is 17.7. The van der Waals surface area contributed by atoms with Crippen LogP contribution in [0.3, 0.4) is 0 Å². The third-order valence-electron chi connectivity index (χ3n) is 6.55. The molecule has 1 atom stereocenters. The fourth-order valence-corrected chi connectivity index (χ4v) is 6.32. The van der Waals surface area contributed by atoms with E-state index in [2.05, 4.69) is 27.9 Å². The summed E-state index contributed by atoms with van der Waals surface area (Å²) in [6.07, 6.45) is 8.09. The summed E-state index contributed by atoms with van der Waals surface area (Å²) in [7, 11) is -3.80. The van der Waals surface area contributed by atoms with Crippen molar-refractivity contribution in [3.05, 3.63) is 33.0 Å².